The van der Waals surface area contributed by atoms with E-state index in [1.165, 1.54) is 25.3 Å². The molecule has 1 aliphatic heterocycles. The van der Waals surface area contributed by atoms with Gasteiger partial charge in [-0.15, -0.1) is 0 Å². The fraction of sp³-hybridized carbons (Fsp3) is 0.261. The highest BCUT2D eigenvalue weighted by atomic mass is 19.1. The number of nitrogens with zero attached hydrogens (tertiary/aromatic N) is 1. The van der Waals surface area contributed by atoms with Crippen molar-refractivity contribution in [3.63, 3.8) is 0 Å². The Morgan fingerprint density at radius 2 is 1.88 bits per heavy atom. The molecule has 1 N–H and O–H groups in total. The molecule has 0 aliphatic carbocycles. The highest BCUT2D eigenvalue weighted by Gasteiger charge is 2.20. The van der Waals surface area contributed by atoms with Crippen LogP contribution in [0.15, 0.2) is 53.1 Å². The number of oxazole rings is 1. The van der Waals surface area contributed by atoms with E-state index in [0.29, 0.717) is 47.6 Å². The number of amides is 1. The zero-order valence-electron chi connectivity index (χ0n) is 17.3. The average Bonchev–Trinajstić information content (AvgIpc) is 3.27. The van der Waals surface area contributed by atoms with E-state index in [1.54, 1.807) is 30.3 Å². The molecule has 0 saturated heterocycles. The molecule has 166 valence electrons. The van der Waals surface area contributed by atoms with E-state index in [-0.39, 0.29) is 18.7 Å². The molecule has 1 amide bonds. The van der Waals surface area contributed by atoms with Gasteiger partial charge in [-0.2, -0.15) is 0 Å². The highest BCUT2D eigenvalue weighted by Crippen LogP contribution is 2.32. The van der Waals surface area contributed by atoms with Crippen LogP contribution in [0.25, 0.3) is 11.3 Å². The van der Waals surface area contributed by atoms with Crippen molar-refractivity contribution in [2.75, 3.05) is 18.5 Å². The Bertz CT molecular complexity index is 1110. The van der Waals surface area contributed by atoms with Crippen LogP contribution in [0.1, 0.15) is 19.2 Å². The van der Waals surface area contributed by atoms with Crippen LogP contribution in [0, 0.1) is 5.82 Å². The van der Waals surface area contributed by atoms with Crippen LogP contribution in [0.4, 0.5) is 10.1 Å². The summed E-state index contributed by atoms with van der Waals surface area (Å²) >= 11 is 0. The van der Waals surface area contributed by atoms with Gasteiger partial charge in [0.15, 0.2) is 29.3 Å². The van der Waals surface area contributed by atoms with E-state index in [4.69, 9.17) is 18.6 Å². The molecule has 2 heterocycles. The number of ether oxygens (including phenoxy) is 3. The molecule has 0 fully saturated rings. The first-order valence-electron chi connectivity index (χ1n) is 10.1. The summed E-state index contributed by atoms with van der Waals surface area (Å²) in [5.74, 6) is 0.604. The molecule has 0 radical (unpaired) electrons. The molecule has 0 bridgehead atoms. The zero-order chi connectivity index (χ0) is 22.5. The first-order chi connectivity index (χ1) is 15.5. The van der Waals surface area contributed by atoms with E-state index in [1.807, 2.05) is 0 Å². The minimum atomic E-state index is -0.991. The number of anilines is 1. The molecule has 1 atom stereocenters. The van der Waals surface area contributed by atoms with Gasteiger partial charge >= 0.3 is 5.97 Å². The lowest BCUT2D eigenvalue weighted by Crippen LogP contribution is -2.30. The van der Waals surface area contributed by atoms with Gasteiger partial charge in [0.05, 0.1) is 12.6 Å². The number of hydrogen-bond acceptors (Lipinski definition) is 7. The number of esters is 1. The molecule has 32 heavy (non-hydrogen) atoms. The smallest absolute Gasteiger partial charge is 0.307 e. The molecule has 0 saturated carbocycles. The van der Waals surface area contributed by atoms with E-state index in [0.717, 1.165) is 0 Å². The number of aromatic nitrogens is 1. The van der Waals surface area contributed by atoms with Crippen molar-refractivity contribution in [1.82, 2.24) is 4.98 Å². The second kappa shape index (κ2) is 9.51. The Hall–Kier alpha value is -3.88. The van der Waals surface area contributed by atoms with Gasteiger partial charge in [0, 0.05) is 23.7 Å². The molecular weight excluding hydrogens is 419 g/mol. The molecule has 2 aromatic carbocycles. The van der Waals surface area contributed by atoms with Gasteiger partial charge in [0.1, 0.15) is 19.0 Å². The topological polar surface area (TPSA) is 99.9 Å². The second-order valence-corrected chi connectivity index (χ2v) is 7.10. The van der Waals surface area contributed by atoms with Gasteiger partial charge in [-0.05, 0) is 43.3 Å². The zero-order valence-corrected chi connectivity index (χ0v) is 17.3. The number of rotatable bonds is 7. The van der Waals surface area contributed by atoms with E-state index >= 15 is 0 Å². The van der Waals surface area contributed by atoms with Crippen molar-refractivity contribution in [3.05, 3.63) is 60.4 Å². The van der Waals surface area contributed by atoms with Gasteiger partial charge < -0.3 is 23.9 Å². The lowest BCUT2D eigenvalue weighted by Gasteiger charge is -2.19. The SMILES string of the molecule is CC(OC(=O)CCc1ncc(-c2ccc(F)cc2)o1)C(=O)Nc1ccc2c(c1)OCCO2. The quantitative estimate of drug-likeness (QED) is 0.559. The Morgan fingerprint density at radius 1 is 1.12 bits per heavy atom. The summed E-state index contributed by atoms with van der Waals surface area (Å²) in [5.41, 5.74) is 1.19. The summed E-state index contributed by atoms with van der Waals surface area (Å²) in [6, 6.07) is 10.9. The molecule has 8 nitrogen and oxygen atoms in total. The van der Waals surface area contributed by atoms with Gasteiger partial charge in [-0.25, -0.2) is 9.37 Å². The van der Waals surface area contributed by atoms with Gasteiger partial charge in [-0.1, -0.05) is 0 Å². The van der Waals surface area contributed by atoms with Crippen LogP contribution in [-0.2, 0) is 20.7 Å². The Labute approximate surface area is 183 Å². The average molecular weight is 440 g/mol. The summed E-state index contributed by atoms with van der Waals surface area (Å²) in [7, 11) is 0. The van der Waals surface area contributed by atoms with Gasteiger partial charge in [-0.3, -0.25) is 9.59 Å². The molecule has 3 aromatic rings. The van der Waals surface area contributed by atoms with Crippen LogP contribution < -0.4 is 14.8 Å². The third kappa shape index (κ3) is 5.23. The van der Waals surface area contributed by atoms with Crippen LogP contribution >= 0.6 is 0 Å². The van der Waals surface area contributed by atoms with E-state index < -0.39 is 18.0 Å². The van der Waals surface area contributed by atoms with Crippen LogP contribution in [-0.4, -0.2) is 36.2 Å². The van der Waals surface area contributed by atoms with Crippen molar-refractivity contribution in [2.45, 2.75) is 25.9 Å². The fourth-order valence-electron chi connectivity index (χ4n) is 3.06. The summed E-state index contributed by atoms with van der Waals surface area (Å²) in [5, 5.41) is 2.69. The number of benzene rings is 2. The van der Waals surface area contributed by atoms with E-state index in [9.17, 15) is 14.0 Å². The summed E-state index contributed by atoms with van der Waals surface area (Å²) in [4.78, 5) is 28.6. The number of carbonyl (C=O) groups excluding carboxylic acids is 2. The monoisotopic (exact) mass is 440 g/mol. The summed E-state index contributed by atoms with van der Waals surface area (Å²) in [6.45, 7) is 2.41. The van der Waals surface area contributed by atoms with Crippen molar-refractivity contribution in [2.24, 2.45) is 0 Å². The Morgan fingerprint density at radius 3 is 2.66 bits per heavy atom. The Kier molecular flexibility index (Phi) is 6.34. The predicted molar refractivity (Wildman–Crippen MR) is 112 cm³/mol. The van der Waals surface area contributed by atoms with Crippen LogP contribution in [0.3, 0.4) is 0 Å². The maximum atomic E-state index is 13.0. The first-order valence-corrected chi connectivity index (χ1v) is 10.1. The van der Waals surface area contributed by atoms with E-state index in [2.05, 4.69) is 10.3 Å². The maximum Gasteiger partial charge on any atom is 0.307 e. The number of halogens is 1. The molecule has 0 spiro atoms. The third-order valence-corrected chi connectivity index (χ3v) is 4.71. The minimum Gasteiger partial charge on any atom is -0.486 e. The van der Waals surface area contributed by atoms with Gasteiger partial charge in [0.2, 0.25) is 0 Å². The lowest BCUT2D eigenvalue weighted by molar-refractivity contribution is -0.153. The number of nitrogens with one attached hydrogen (secondary N) is 1. The standard InChI is InChI=1S/C23H21FN2O6/c1-14(23(28)26-17-6-7-18-19(12-17)30-11-10-29-18)31-22(27)9-8-21-25-13-20(32-21)15-2-4-16(24)5-3-15/h2-7,12-14H,8-11H2,1H3,(H,26,28). The van der Waals surface area contributed by atoms with Crippen molar-refractivity contribution >= 4 is 17.6 Å². The lowest BCUT2D eigenvalue weighted by atomic mass is 10.2. The van der Waals surface area contributed by atoms with Crippen LogP contribution in [0.2, 0.25) is 0 Å². The number of aryl methyl sites for hydroxylation is 1. The molecule has 9 heteroatoms. The Balaban J connectivity index is 1.26. The fourth-order valence-corrected chi connectivity index (χ4v) is 3.06. The van der Waals surface area contributed by atoms with Crippen LogP contribution in [0.5, 0.6) is 11.5 Å². The minimum absolute atomic E-state index is 0.00891. The van der Waals surface area contributed by atoms with Crippen molar-refractivity contribution in [1.29, 1.82) is 0 Å². The second-order valence-electron chi connectivity index (χ2n) is 7.10. The van der Waals surface area contributed by atoms with Crippen molar-refractivity contribution in [3.8, 4) is 22.8 Å². The number of hydrogen-bond donors (Lipinski definition) is 1. The highest BCUT2D eigenvalue weighted by molar-refractivity contribution is 5.95. The first kappa shape index (κ1) is 21.4. The normalized spacial score (nSPS) is 13.3. The molecule has 1 aromatic heterocycles. The summed E-state index contributed by atoms with van der Waals surface area (Å²) < 4.78 is 34.8. The molecule has 1 unspecified atom stereocenters. The third-order valence-electron chi connectivity index (χ3n) is 4.71. The molecule has 4 rings (SSSR count). The number of fused-ring (bicyclic) bond motifs is 1. The molecular formula is C23H21FN2O6. The molecule has 1 aliphatic rings. The maximum absolute atomic E-state index is 13.0. The summed E-state index contributed by atoms with van der Waals surface area (Å²) in [6.07, 6.45) is 0.716. The van der Waals surface area contributed by atoms with Crippen molar-refractivity contribution < 1.29 is 32.6 Å². The number of carbonyl (C=O) groups is 2. The predicted octanol–water partition coefficient (Wildman–Crippen LogP) is 3.75. The van der Waals surface area contributed by atoms with Gasteiger partial charge in [0.25, 0.3) is 5.91 Å². The largest absolute Gasteiger partial charge is 0.486 e.